The lowest BCUT2D eigenvalue weighted by atomic mass is 9.90. The van der Waals surface area contributed by atoms with E-state index in [4.69, 9.17) is 7.85 Å². The fourth-order valence-electron chi connectivity index (χ4n) is 1.96. The molecule has 0 aromatic rings. The Kier molecular flexibility index (Phi) is 3.80. The number of hydrogen-bond donors (Lipinski definition) is 0. The van der Waals surface area contributed by atoms with Crippen LogP contribution in [0.1, 0.15) is 27.7 Å². The van der Waals surface area contributed by atoms with Crippen LogP contribution in [0.3, 0.4) is 0 Å². The molecule has 1 aliphatic heterocycles. The highest BCUT2D eigenvalue weighted by molar-refractivity contribution is 6.12. The molecule has 0 aromatic heterocycles. The average Bonchev–Trinajstić information content (AvgIpc) is 2.03. The van der Waals surface area contributed by atoms with Gasteiger partial charge in [0.05, 0.1) is 7.85 Å². The first kappa shape index (κ1) is 11.1. The lowest BCUT2D eigenvalue weighted by molar-refractivity contribution is 0.0704. The second-order valence-corrected chi connectivity index (χ2v) is 4.49. The van der Waals surface area contributed by atoms with Crippen LogP contribution in [0.15, 0.2) is 0 Å². The van der Waals surface area contributed by atoms with Crippen LogP contribution in [0.25, 0.3) is 0 Å². The van der Waals surface area contributed by atoms with E-state index in [1.807, 2.05) is 0 Å². The summed E-state index contributed by atoms with van der Waals surface area (Å²) in [4.78, 5) is 4.82. The van der Waals surface area contributed by atoms with E-state index in [1.54, 1.807) is 0 Å². The Labute approximate surface area is 83.7 Å². The zero-order valence-corrected chi connectivity index (χ0v) is 9.33. The van der Waals surface area contributed by atoms with Gasteiger partial charge in [0.25, 0.3) is 0 Å². The second kappa shape index (κ2) is 4.47. The van der Waals surface area contributed by atoms with Crippen LogP contribution in [-0.4, -0.2) is 55.3 Å². The van der Waals surface area contributed by atoms with E-state index in [9.17, 15) is 0 Å². The molecule has 3 heteroatoms. The summed E-state index contributed by atoms with van der Waals surface area (Å²) in [6.07, 6.45) is 0. The molecule has 0 amide bonds. The highest BCUT2D eigenvalue weighted by Crippen LogP contribution is 2.12. The largest absolute Gasteiger partial charge is 0.304 e. The summed E-state index contributed by atoms with van der Waals surface area (Å²) in [5.74, 6) is 0.219. The molecule has 0 bridgehead atoms. The number of piperazine rings is 1. The van der Waals surface area contributed by atoms with Crippen molar-refractivity contribution in [2.24, 2.45) is 0 Å². The van der Waals surface area contributed by atoms with Crippen LogP contribution in [0.4, 0.5) is 0 Å². The van der Waals surface area contributed by atoms with Crippen molar-refractivity contribution >= 4 is 7.85 Å². The molecule has 0 N–H and O–H groups in total. The Morgan fingerprint density at radius 3 is 2.08 bits per heavy atom. The molecule has 2 nitrogen and oxygen atoms in total. The van der Waals surface area contributed by atoms with E-state index in [0.717, 1.165) is 19.6 Å². The molecule has 74 valence electrons. The van der Waals surface area contributed by atoms with Gasteiger partial charge in [0.15, 0.2) is 0 Å². The first-order valence-electron chi connectivity index (χ1n) is 5.27. The topological polar surface area (TPSA) is 6.48 Å². The Hall–Kier alpha value is -0.0151. The van der Waals surface area contributed by atoms with E-state index in [2.05, 4.69) is 37.5 Å². The molecule has 13 heavy (non-hydrogen) atoms. The number of hydrogen-bond acceptors (Lipinski definition) is 2. The Bertz CT molecular complexity index is 159. The van der Waals surface area contributed by atoms with Crippen molar-refractivity contribution in [2.75, 3.05) is 19.6 Å². The van der Waals surface area contributed by atoms with E-state index >= 15 is 0 Å². The molecule has 2 radical (unpaired) electrons. The quantitative estimate of drug-likeness (QED) is 0.583. The van der Waals surface area contributed by atoms with Gasteiger partial charge in [-0.1, -0.05) is 0 Å². The third kappa shape index (κ3) is 2.71. The van der Waals surface area contributed by atoms with Crippen LogP contribution in [0.5, 0.6) is 0 Å². The van der Waals surface area contributed by atoms with E-state index in [0.29, 0.717) is 12.1 Å². The molecular weight excluding hydrogens is 159 g/mol. The van der Waals surface area contributed by atoms with E-state index < -0.39 is 0 Å². The van der Waals surface area contributed by atoms with Gasteiger partial charge in [-0.05, 0) is 33.6 Å². The summed E-state index contributed by atoms with van der Waals surface area (Å²) in [7, 11) is 6.09. The third-order valence-electron chi connectivity index (χ3n) is 2.89. The Morgan fingerprint density at radius 1 is 1.08 bits per heavy atom. The van der Waals surface area contributed by atoms with Crippen molar-refractivity contribution in [2.45, 2.75) is 45.7 Å². The van der Waals surface area contributed by atoms with Crippen molar-refractivity contribution in [1.29, 1.82) is 0 Å². The highest BCUT2D eigenvalue weighted by atomic mass is 15.3. The van der Waals surface area contributed by atoms with Gasteiger partial charge in [-0.25, -0.2) is 0 Å². The fraction of sp³-hybridized carbons (Fsp3) is 1.00. The summed E-state index contributed by atoms with van der Waals surface area (Å²) in [5, 5.41) is 0. The molecule has 0 aliphatic carbocycles. The first-order chi connectivity index (χ1) is 6.02. The van der Waals surface area contributed by atoms with Gasteiger partial charge in [-0.2, -0.15) is 0 Å². The van der Waals surface area contributed by atoms with Crippen molar-refractivity contribution in [3.8, 4) is 0 Å². The highest BCUT2D eigenvalue weighted by Gasteiger charge is 2.25. The van der Waals surface area contributed by atoms with Gasteiger partial charge in [0.1, 0.15) is 0 Å². The molecular formula is C10H21BN2. The van der Waals surface area contributed by atoms with Crippen molar-refractivity contribution < 1.29 is 0 Å². The summed E-state index contributed by atoms with van der Waals surface area (Å²) in [6, 6.07) is 1.20. The SMILES string of the molecule is [B]C1CN(C(C)C)CCN1C(C)C. The predicted octanol–water partition coefficient (Wildman–Crippen LogP) is 0.915. The number of nitrogens with zero attached hydrogens (tertiary/aromatic N) is 2. The zero-order valence-electron chi connectivity index (χ0n) is 9.33. The molecule has 1 atom stereocenters. The molecule has 0 aromatic carbocycles. The fourth-order valence-corrected chi connectivity index (χ4v) is 1.96. The lowest BCUT2D eigenvalue weighted by Gasteiger charge is -2.44. The molecule has 1 saturated heterocycles. The van der Waals surface area contributed by atoms with Crippen LogP contribution < -0.4 is 0 Å². The van der Waals surface area contributed by atoms with Gasteiger partial charge >= 0.3 is 0 Å². The van der Waals surface area contributed by atoms with Gasteiger partial charge in [0, 0.05) is 31.7 Å². The van der Waals surface area contributed by atoms with Crippen LogP contribution in [0, 0.1) is 0 Å². The normalized spacial score (nSPS) is 27.4. The van der Waals surface area contributed by atoms with E-state index in [-0.39, 0.29) is 5.94 Å². The molecule has 1 rings (SSSR count). The van der Waals surface area contributed by atoms with Gasteiger partial charge in [0.2, 0.25) is 0 Å². The molecule has 0 spiro atoms. The van der Waals surface area contributed by atoms with Gasteiger partial charge in [-0.3, -0.25) is 4.90 Å². The predicted molar refractivity (Wildman–Crippen MR) is 58.1 cm³/mol. The Morgan fingerprint density at radius 2 is 1.69 bits per heavy atom. The minimum absolute atomic E-state index is 0.219. The molecule has 1 heterocycles. The maximum atomic E-state index is 6.09. The molecule has 1 unspecified atom stereocenters. The monoisotopic (exact) mass is 180 g/mol. The summed E-state index contributed by atoms with van der Waals surface area (Å²) < 4.78 is 0. The average molecular weight is 180 g/mol. The standard InChI is InChI=1S/C10H21BN2/c1-8(2)12-5-6-13(9(3)4)10(11)7-12/h8-10H,5-7H2,1-4H3. The first-order valence-corrected chi connectivity index (χ1v) is 5.27. The van der Waals surface area contributed by atoms with Crippen molar-refractivity contribution in [1.82, 2.24) is 9.80 Å². The third-order valence-corrected chi connectivity index (χ3v) is 2.89. The van der Waals surface area contributed by atoms with E-state index in [1.165, 1.54) is 0 Å². The maximum absolute atomic E-state index is 6.09. The van der Waals surface area contributed by atoms with Gasteiger partial charge < -0.3 is 4.90 Å². The zero-order chi connectivity index (χ0) is 10.0. The minimum atomic E-state index is 0.219. The minimum Gasteiger partial charge on any atom is -0.304 e. The summed E-state index contributed by atoms with van der Waals surface area (Å²) >= 11 is 0. The smallest absolute Gasteiger partial charge is 0.0928 e. The van der Waals surface area contributed by atoms with Crippen LogP contribution in [0.2, 0.25) is 0 Å². The van der Waals surface area contributed by atoms with Crippen LogP contribution >= 0.6 is 0 Å². The maximum Gasteiger partial charge on any atom is 0.0928 e. The lowest BCUT2D eigenvalue weighted by Crippen LogP contribution is -2.57. The molecule has 1 aliphatic rings. The molecule has 1 fully saturated rings. The summed E-state index contributed by atoms with van der Waals surface area (Å²) in [5.41, 5.74) is 0. The van der Waals surface area contributed by atoms with Gasteiger partial charge in [-0.15, -0.1) is 0 Å². The summed E-state index contributed by atoms with van der Waals surface area (Å²) in [6.45, 7) is 12.2. The molecule has 0 saturated carbocycles. The van der Waals surface area contributed by atoms with Crippen molar-refractivity contribution in [3.05, 3.63) is 0 Å². The Balaban J connectivity index is 2.46. The van der Waals surface area contributed by atoms with Crippen LogP contribution in [-0.2, 0) is 0 Å². The number of rotatable bonds is 2. The second-order valence-electron chi connectivity index (χ2n) is 4.49. The van der Waals surface area contributed by atoms with Crippen molar-refractivity contribution in [3.63, 3.8) is 0 Å².